The number of aromatic amines is 1. The van der Waals surface area contributed by atoms with Crippen molar-refractivity contribution in [3.63, 3.8) is 0 Å². The van der Waals surface area contributed by atoms with Gasteiger partial charge in [0.1, 0.15) is 29.7 Å². The van der Waals surface area contributed by atoms with E-state index < -0.39 is 11.8 Å². The maximum absolute atomic E-state index is 11.0. The summed E-state index contributed by atoms with van der Waals surface area (Å²) in [6.07, 6.45) is 0. The lowest BCUT2D eigenvalue weighted by molar-refractivity contribution is -0.119. The van der Waals surface area contributed by atoms with Gasteiger partial charge in [-0.05, 0) is 47.5 Å². The standard InChI is InChI=1S/C28H23N5O4/c29-14-22-24(18-6-10-21(11-7-18)36-16-23(30)34)25-26(32-33-28(25)37-27(22)31)19-8-12-20(13-9-19)35-15-17-4-2-1-3-5-17/h1-13,24H,15-16,31H2,(H2,30,34)(H,32,33)/t24-/m1/s1. The predicted octanol–water partition coefficient (Wildman–Crippen LogP) is 3.74. The lowest BCUT2D eigenvalue weighted by atomic mass is 9.83. The van der Waals surface area contributed by atoms with Crippen LogP contribution in [0.5, 0.6) is 17.4 Å². The van der Waals surface area contributed by atoms with Gasteiger partial charge in [-0.25, -0.2) is 0 Å². The number of fused-ring (bicyclic) bond motifs is 1. The van der Waals surface area contributed by atoms with Crippen LogP contribution in [0.1, 0.15) is 22.6 Å². The zero-order valence-corrected chi connectivity index (χ0v) is 19.7. The maximum atomic E-state index is 11.0. The molecule has 9 heteroatoms. The highest BCUT2D eigenvalue weighted by Crippen LogP contribution is 2.46. The molecular formula is C28H23N5O4. The van der Waals surface area contributed by atoms with Crippen LogP contribution in [-0.2, 0) is 11.4 Å². The van der Waals surface area contributed by atoms with Gasteiger partial charge in [0.2, 0.25) is 11.8 Å². The Hall–Kier alpha value is -5.23. The summed E-state index contributed by atoms with van der Waals surface area (Å²) in [6.45, 7) is 0.234. The first-order valence-corrected chi connectivity index (χ1v) is 11.5. The quantitative estimate of drug-likeness (QED) is 0.338. The van der Waals surface area contributed by atoms with E-state index >= 15 is 0 Å². The smallest absolute Gasteiger partial charge is 0.255 e. The summed E-state index contributed by atoms with van der Waals surface area (Å²) >= 11 is 0. The van der Waals surface area contributed by atoms with Crippen LogP contribution in [-0.4, -0.2) is 22.7 Å². The summed E-state index contributed by atoms with van der Waals surface area (Å²) in [5, 5.41) is 17.3. The molecule has 1 aliphatic rings. The molecule has 0 saturated heterocycles. The van der Waals surface area contributed by atoms with Crippen LogP contribution in [0.4, 0.5) is 0 Å². The van der Waals surface area contributed by atoms with Crippen LogP contribution in [0.25, 0.3) is 11.3 Å². The topological polar surface area (TPSA) is 149 Å². The van der Waals surface area contributed by atoms with Crippen molar-refractivity contribution in [3.05, 3.63) is 107 Å². The SMILES string of the molecule is N#CC1=C(N)Oc2n[nH]c(-c3ccc(OCc4ccccc4)cc3)c2[C@@H]1c1ccc(OCC(N)=O)cc1. The van der Waals surface area contributed by atoms with E-state index in [1.54, 1.807) is 24.3 Å². The molecule has 0 fully saturated rings. The largest absolute Gasteiger partial charge is 0.489 e. The average molecular weight is 494 g/mol. The Kier molecular flexibility index (Phi) is 6.46. The van der Waals surface area contributed by atoms with Crippen molar-refractivity contribution in [3.8, 4) is 34.7 Å². The summed E-state index contributed by atoms with van der Waals surface area (Å²) in [5.41, 5.74) is 15.6. The van der Waals surface area contributed by atoms with Gasteiger partial charge in [-0.3, -0.25) is 9.89 Å². The maximum Gasteiger partial charge on any atom is 0.255 e. The highest BCUT2D eigenvalue weighted by Gasteiger charge is 2.35. The Morgan fingerprint density at radius 2 is 1.68 bits per heavy atom. The molecule has 1 aromatic heterocycles. The fourth-order valence-electron chi connectivity index (χ4n) is 4.17. The highest BCUT2D eigenvalue weighted by atomic mass is 16.5. The number of aromatic nitrogens is 2. The molecule has 2 heterocycles. The van der Waals surface area contributed by atoms with Gasteiger partial charge < -0.3 is 25.7 Å². The number of H-pyrrole nitrogens is 1. The van der Waals surface area contributed by atoms with Gasteiger partial charge in [0.15, 0.2) is 6.61 Å². The van der Waals surface area contributed by atoms with Crippen molar-refractivity contribution < 1.29 is 19.0 Å². The molecule has 3 aromatic carbocycles. The summed E-state index contributed by atoms with van der Waals surface area (Å²) in [5.74, 6) is 0.402. The Bertz CT molecular complexity index is 1490. The molecule has 1 atom stereocenters. The minimum absolute atomic E-state index is 0.00300. The molecule has 184 valence electrons. The molecule has 0 spiro atoms. The van der Waals surface area contributed by atoms with Crippen molar-refractivity contribution in [2.75, 3.05) is 6.61 Å². The third-order valence-corrected chi connectivity index (χ3v) is 5.92. The molecular weight excluding hydrogens is 470 g/mol. The number of nitrogens with one attached hydrogen (secondary N) is 1. The summed E-state index contributed by atoms with van der Waals surface area (Å²) in [4.78, 5) is 11.0. The van der Waals surface area contributed by atoms with E-state index in [0.29, 0.717) is 29.5 Å². The number of benzene rings is 3. The number of amides is 1. The molecule has 0 bridgehead atoms. The van der Waals surface area contributed by atoms with E-state index in [4.69, 9.17) is 25.7 Å². The van der Waals surface area contributed by atoms with Gasteiger partial charge >= 0.3 is 0 Å². The van der Waals surface area contributed by atoms with Crippen molar-refractivity contribution in [2.24, 2.45) is 11.5 Å². The van der Waals surface area contributed by atoms with E-state index in [0.717, 1.165) is 22.4 Å². The first-order valence-electron chi connectivity index (χ1n) is 11.5. The Morgan fingerprint density at radius 3 is 2.35 bits per heavy atom. The van der Waals surface area contributed by atoms with E-state index in [1.165, 1.54) is 0 Å². The number of nitrogens with zero attached hydrogens (tertiary/aromatic N) is 2. The van der Waals surface area contributed by atoms with E-state index in [1.807, 2.05) is 54.6 Å². The number of carbonyl (C=O) groups excluding carboxylic acids is 1. The summed E-state index contributed by atoms with van der Waals surface area (Å²) in [7, 11) is 0. The molecule has 4 aromatic rings. The lowest BCUT2D eigenvalue weighted by Gasteiger charge is -2.24. The van der Waals surface area contributed by atoms with E-state index in [9.17, 15) is 10.1 Å². The van der Waals surface area contributed by atoms with Gasteiger partial charge in [-0.15, -0.1) is 5.10 Å². The highest BCUT2D eigenvalue weighted by molar-refractivity contribution is 5.75. The van der Waals surface area contributed by atoms with Crippen LogP contribution in [0, 0.1) is 11.3 Å². The van der Waals surface area contributed by atoms with Gasteiger partial charge in [0.25, 0.3) is 5.91 Å². The van der Waals surface area contributed by atoms with Crippen LogP contribution in [0.2, 0.25) is 0 Å². The Labute approximate surface area is 212 Å². The van der Waals surface area contributed by atoms with Crippen LogP contribution in [0.3, 0.4) is 0 Å². The Balaban J connectivity index is 1.44. The van der Waals surface area contributed by atoms with Gasteiger partial charge in [-0.2, -0.15) is 5.26 Å². The predicted molar refractivity (Wildman–Crippen MR) is 135 cm³/mol. The zero-order valence-electron chi connectivity index (χ0n) is 19.7. The zero-order chi connectivity index (χ0) is 25.8. The fourth-order valence-corrected chi connectivity index (χ4v) is 4.17. The number of hydrogen-bond donors (Lipinski definition) is 3. The molecule has 5 N–H and O–H groups in total. The van der Waals surface area contributed by atoms with Crippen molar-refractivity contribution in [2.45, 2.75) is 12.5 Å². The monoisotopic (exact) mass is 493 g/mol. The minimum Gasteiger partial charge on any atom is -0.489 e. The molecule has 9 nitrogen and oxygen atoms in total. The fraction of sp³-hybridized carbons (Fsp3) is 0.107. The van der Waals surface area contributed by atoms with Crippen molar-refractivity contribution in [1.82, 2.24) is 10.2 Å². The lowest BCUT2D eigenvalue weighted by Crippen LogP contribution is -2.21. The minimum atomic E-state index is -0.569. The first-order chi connectivity index (χ1) is 18.0. The number of nitriles is 1. The average Bonchev–Trinajstić information content (AvgIpc) is 3.34. The van der Waals surface area contributed by atoms with Crippen molar-refractivity contribution >= 4 is 5.91 Å². The first kappa shape index (κ1) is 23.5. The number of allylic oxidation sites excluding steroid dienone is 1. The van der Waals surface area contributed by atoms with Gasteiger partial charge in [0.05, 0.1) is 17.2 Å². The van der Waals surface area contributed by atoms with Crippen molar-refractivity contribution in [1.29, 1.82) is 5.26 Å². The third kappa shape index (κ3) is 4.94. The molecule has 0 saturated carbocycles. The number of carbonyl (C=O) groups is 1. The second-order valence-corrected chi connectivity index (χ2v) is 8.36. The second-order valence-electron chi connectivity index (χ2n) is 8.36. The van der Waals surface area contributed by atoms with E-state index in [2.05, 4.69) is 16.3 Å². The summed E-state index contributed by atoms with van der Waals surface area (Å²) < 4.78 is 16.9. The third-order valence-electron chi connectivity index (χ3n) is 5.92. The Morgan fingerprint density at radius 1 is 1.00 bits per heavy atom. The second kappa shape index (κ2) is 10.2. The molecule has 1 aliphatic heterocycles. The molecule has 0 radical (unpaired) electrons. The number of rotatable bonds is 8. The number of ether oxygens (including phenoxy) is 3. The normalized spacial score (nSPS) is 14.3. The molecule has 0 aliphatic carbocycles. The number of nitrogens with two attached hydrogens (primary N) is 2. The molecule has 1 amide bonds. The number of primary amides is 1. The molecule has 37 heavy (non-hydrogen) atoms. The van der Waals surface area contributed by atoms with Gasteiger partial charge in [0, 0.05) is 5.56 Å². The molecule has 5 rings (SSSR count). The van der Waals surface area contributed by atoms with Crippen LogP contribution < -0.4 is 25.7 Å². The number of hydrogen-bond acceptors (Lipinski definition) is 7. The van der Waals surface area contributed by atoms with Crippen LogP contribution >= 0.6 is 0 Å². The molecule has 0 unspecified atom stereocenters. The van der Waals surface area contributed by atoms with E-state index in [-0.39, 0.29) is 18.1 Å². The van der Waals surface area contributed by atoms with Crippen LogP contribution in [0.15, 0.2) is 90.3 Å². The van der Waals surface area contributed by atoms with Gasteiger partial charge in [-0.1, -0.05) is 42.5 Å². The summed E-state index contributed by atoms with van der Waals surface area (Å²) in [6, 6.07) is 26.7.